The van der Waals surface area contributed by atoms with Crippen molar-refractivity contribution >= 4 is 5.91 Å². The summed E-state index contributed by atoms with van der Waals surface area (Å²) in [7, 11) is 0. The van der Waals surface area contributed by atoms with Gasteiger partial charge in [0.15, 0.2) is 0 Å². The normalized spacial score (nSPS) is 16.8. The number of amides is 1. The van der Waals surface area contributed by atoms with Crippen LogP contribution in [0, 0.1) is 0 Å². The topological polar surface area (TPSA) is 60.5 Å². The smallest absolute Gasteiger partial charge is 0.252 e. The van der Waals surface area contributed by atoms with Crippen LogP contribution in [0.5, 0.6) is 5.88 Å². The van der Waals surface area contributed by atoms with Crippen molar-refractivity contribution in [2.45, 2.75) is 25.4 Å². The third-order valence-electron chi connectivity index (χ3n) is 3.94. The highest BCUT2D eigenvalue weighted by molar-refractivity contribution is 5.93. The molecule has 2 aromatic rings. The number of hydrogen-bond donors (Lipinski definition) is 1. The first-order chi connectivity index (χ1) is 11.8. The monoisotopic (exact) mass is 326 g/mol. The Morgan fingerprint density at radius 3 is 2.83 bits per heavy atom. The standard InChI is InChI=1S/C19H22N2O3/c22-19(20-11-4-7-15-5-2-1-3-6-15)16-8-9-18(21-13-16)24-17-10-12-23-14-17/h1-3,5-6,8-9,13,17H,4,7,10-12,14H2,(H,20,22). The van der Waals surface area contributed by atoms with E-state index in [4.69, 9.17) is 9.47 Å². The molecule has 1 aromatic heterocycles. The summed E-state index contributed by atoms with van der Waals surface area (Å²) in [5, 5.41) is 2.92. The maximum absolute atomic E-state index is 12.1. The zero-order chi connectivity index (χ0) is 16.6. The summed E-state index contributed by atoms with van der Waals surface area (Å²) in [6.45, 7) is 1.98. The highest BCUT2D eigenvalue weighted by Gasteiger charge is 2.17. The Morgan fingerprint density at radius 1 is 1.25 bits per heavy atom. The molecule has 0 spiro atoms. The number of pyridine rings is 1. The molecule has 126 valence electrons. The molecule has 1 saturated heterocycles. The molecule has 1 aliphatic heterocycles. The van der Waals surface area contributed by atoms with Crippen LogP contribution in [-0.4, -0.2) is 36.8 Å². The largest absolute Gasteiger partial charge is 0.472 e. The Bertz CT molecular complexity index is 637. The summed E-state index contributed by atoms with van der Waals surface area (Å²) in [5.74, 6) is 0.428. The van der Waals surface area contributed by atoms with Gasteiger partial charge in [-0.05, 0) is 24.5 Å². The number of aromatic nitrogens is 1. The number of nitrogens with one attached hydrogen (secondary N) is 1. The molecule has 1 unspecified atom stereocenters. The maximum atomic E-state index is 12.1. The molecular formula is C19H22N2O3. The van der Waals surface area contributed by atoms with Crippen LogP contribution in [0.2, 0.25) is 0 Å². The van der Waals surface area contributed by atoms with Gasteiger partial charge in [-0.3, -0.25) is 4.79 Å². The van der Waals surface area contributed by atoms with Gasteiger partial charge in [0.25, 0.3) is 5.91 Å². The van der Waals surface area contributed by atoms with Crippen LogP contribution < -0.4 is 10.1 Å². The second-order valence-electron chi connectivity index (χ2n) is 5.83. The average Bonchev–Trinajstić information content (AvgIpc) is 3.13. The first-order valence-corrected chi connectivity index (χ1v) is 8.34. The number of hydrogen-bond acceptors (Lipinski definition) is 4. The fraction of sp³-hybridized carbons (Fsp3) is 0.368. The minimum Gasteiger partial charge on any atom is -0.472 e. The third kappa shape index (κ3) is 4.80. The van der Waals surface area contributed by atoms with E-state index in [1.807, 2.05) is 18.2 Å². The van der Waals surface area contributed by atoms with Gasteiger partial charge in [-0.15, -0.1) is 0 Å². The average molecular weight is 326 g/mol. The van der Waals surface area contributed by atoms with Gasteiger partial charge in [0.1, 0.15) is 6.10 Å². The van der Waals surface area contributed by atoms with Crippen LogP contribution >= 0.6 is 0 Å². The first kappa shape index (κ1) is 16.5. The third-order valence-corrected chi connectivity index (χ3v) is 3.94. The van der Waals surface area contributed by atoms with Crippen molar-refractivity contribution in [1.82, 2.24) is 10.3 Å². The zero-order valence-corrected chi connectivity index (χ0v) is 13.6. The summed E-state index contributed by atoms with van der Waals surface area (Å²) >= 11 is 0. The lowest BCUT2D eigenvalue weighted by atomic mass is 10.1. The number of carbonyl (C=O) groups excluding carboxylic acids is 1. The molecular weight excluding hydrogens is 304 g/mol. The lowest BCUT2D eigenvalue weighted by Gasteiger charge is -2.11. The van der Waals surface area contributed by atoms with E-state index in [0.29, 0.717) is 24.6 Å². The lowest BCUT2D eigenvalue weighted by Crippen LogP contribution is -2.25. The van der Waals surface area contributed by atoms with E-state index in [0.717, 1.165) is 25.9 Å². The second kappa shape index (κ2) is 8.45. The molecule has 0 aliphatic carbocycles. The van der Waals surface area contributed by atoms with Crippen molar-refractivity contribution in [3.05, 3.63) is 59.8 Å². The van der Waals surface area contributed by atoms with E-state index in [-0.39, 0.29) is 12.0 Å². The van der Waals surface area contributed by atoms with Crippen LogP contribution in [0.1, 0.15) is 28.8 Å². The van der Waals surface area contributed by atoms with Gasteiger partial charge in [-0.2, -0.15) is 0 Å². The zero-order valence-electron chi connectivity index (χ0n) is 13.6. The van der Waals surface area contributed by atoms with Gasteiger partial charge in [-0.1, -0.05) is 30.3 Å². The van der Waals surface area contributed by atoms with Crippen LogP contribution in [0.4, 0.5) is 0 Å². The van der Waals surface area contributed by atoms with Gasteiger partial charge in [0.2, 0.25) is 5.88 Å². The Labute approximate surface area is 142 Å². The molecule has 5 heteroatoms. The number of benzene rings is 1. The van der Waals surface area contributed by atoms with Crippen molar-refractivity contribution in [2.75, 3.05) is 19.8 Å². The number of carbonyl (C=O) groups is 1. The van der Waals surface area contributed by atoms with Crippen molar-refractivity contribution in [2.24, 2.45) is 0 Å². The number of ether oxygens (including phenoxy) is 2. The van der Waals surface area contributed by atoms with E-state index in [1.54, 1.807) is 18.3 Å². The number of aryl methyl sites for hydroxylation is 1. The Hall–Kier alpha value is -2.40. The molecule has 1 N–H and O–H groups in total. The van der Waals surface area contributed by atoms with Crippen molar-refractivity contribution in [3.63, 3.8) is 0 Å². The van der Waals surface area contributed by atoms with Crippen molar-refractivity contribution in [3.8, 4) is 5.88 Å². The molecule has 24 heavy (non-hydrogen) atoms. The Kier molecular flexibility index (Phi) is 5.80. The van der Waals surface area contributed by atoms with E-state index < -0.39 is 0 Å². The van der Waals surface area contributed by atoms with E-state index in [2.05, 4.69) is 22.4 Å². The molecule has 2 heterocycles. The molecule has 1 aromatic carbocycles. The molecule has 1 amide bonds. The Morgan fingerprint density at radius 2 is 2.12 bits per heavy atom. The summed E-state index contributed by atoms with van der Waals surface area (Å²) in [5.41, 5.74) is 1.83. The van der Waals surface area contributed by atoms with Gasteiger partial charge in [0.05, 0.1) is 18.8 Å². The summed E-state index contributed by atoms with van der Waals surface area (Å²) in [4.78, 5) is 16.3. The highest BCUT2D eigenvalue weighted by Crippen LogP contribution is 2.14. The van der Waals surface area contributed by atoms with E-state index >= 15 is 0 Å². The maximum Gasteiger partial charge on any atom is 0.252 e. The quantitative estimate of drug-likeness (QED) is 0.795. The lowest BCUT2D eigenvalue weighted by molar-refractivity contribution is 0.0952. The Balaban J connectivity index is 1.41. The highest BCUT2D eigenvalue weighted by atomic mass is 16.5. The molecule has 1 fully saturated rings. The molecule has 0 bridgehead atoms. The van der Waals surface area contributed by atoms with Gasteiger partial charge in [-0.25, -0.2) is 4.98 Å². The first-order valence-electron chi connectivity index (χ1n) is 8.34. The SMILES string of the molecule is O=C(NCCCc1ccccc1)c1ccc(OC2CCOC2)nc1. The van der Waals surface area contributed by atoms with Gasteiger partial charge >= 0.3 is 0 Å². The van der Waals surface area contributed by atoms with Gasteiger partial charge < -0.3 is 14.8 Å². The van der Waals surface area contributed by atoms with Crippen molar-refractivity contribution < 1.29 is 14.3 Å². The summed E-state index contributed by atoms with van der Waals surface area (Å²) < 4.78 is 11.0. The second-order valence-corrected chi connectivity index (χ2v) is 5.83. The fourth-order valence-electron chi connectivity index (χ4n) is 2.60. The summed E-state index contributed by atoms with van der Waals surface area (Å²) in [6, 6.07) is 13.7. The molecule has 5 nitrogen and oxygen atoms in total. The molecule has 1 aliphatic rings. The van der Waals surface area contributed by atoms with Crippen LogP contribution in [0.15, 0.2) is 48.7 Å². The fourth-order valence-corrected chi connectivity index (χ4v) is 2.60. The predicted molar refractivity (Wildman–Crippen MR) is 91.2 cm³/mol. The molecule has 1 atom stereocenters. The van der Waals surface area contributed by atoms with Crippen LogP contribution in [-0.2, 0) is 11.2 Å². The minimum atomic E-state index is -0.105. The van der Waals surface area contributed by atoms with E-state index in [9.17, 15) is 4.79 Å². The van der Waals surface area contributed by atoms with Crippen molar-refractivity contribution in [1.29, 1.82) is 0 Å². The summed E-state index contributed by atoms with van der Waals surface area (Å²) in [6.07, 6.45) is 4.36. The minimum absolute atomic E-state index is 0.0650. The van der Waals surface area contributed by atoms with Gasteiger partial charge in [0, 0.05) is 25.2 Å². The predicted octanol–water partition coefficient (Wildman–Crippen LogP) is 2.61. The molecule has 0 saturated carbocycles. The molecule has 3 rings (SSSR count). The van der Waals surface area contributed by atoms with Crippen LogP contribution in [0.3, 0.4) is 0 Å². The van der Waals surface area contributed by atoms with E-state index in [1.165, 1.54) is 5.56 Å². The number of nitrogens with zero attached hydrogens (tertiary/aromatic N) is 1. The van der Waals surface area contributed by atoms with Crippen LogP contribution in [0.25, 0.3) is 0 Å². The molecule has 0 radical (unpaired) electrons. The number of rotatable bonds is 7.